The average Bonchev–Trinajstić information content (AvgIpc) is 2.49. The topological polar surface area (TPSA) is 50.7 Å². The first-order chi connectivity index (χ1) is 10.1. The van der Waals surface area contributed by atoms with Gasteiger partial charge in [-0.15, -0.1) is 0 Å². The third kappa shape index (κ3) is 4.89. The van der Waals surface area contributed by atoms with Gasteiger partial charge in [-0.05, 0) is 30.3 Å². The number of rotatable bonds is 5. The van der Waals surface area contributed by atoms with Gasteiger partial charge in [0.15, 0.2) is 6.61 Å². The molecule has 108 valence electrons. The zero-order valence-electron chi connectivity index (χ0n) is 10.9. The molecule has 0 radical (unpaired) electrons. The minimum Gasteiger partial charge on any atom is -0.484 e. The number of amides is 1. The van der Waals surface area contributed by atoms with Crippen molar-refractivity contribution < 1.29 is 13.9 Å². The Morgan fingerprint density at radius 3 is 2.67 bits per heavy atom. The molecule has 0 bridgehead atoms. The summed E-state index contributed by atoms with van der Waals surface area (Å²) >= 11 is 5.73. The van der Waals surface area contributed by atoms with Crippen LogP contribution in [0.25, 0.3) is 0 Å². The summed E-state index contributed by atoms with van der Waals surface area (Å²) in [5.41, 5.74) is 2.54. The Balaban J connectivity index is 1.80. The van der Waals surface area contributed by atoms with Crippen LogP contribution in [0, 0.1) is 5.82 Å². The Labute approximate surface area is 126 Å². The molecule has 2 aromatic carbocycles. The van der Waals surface area contributed by atoms with Gasteiger partial charge in [0.25, 0.3) is 5.91 Å². The number of halogens is 2. The number of benzene rings is 2. The lowest BCUT2D eigenvalue weighted by Gasteiger charge is -2.04. The summed E-state index contributed by atoms with van der Waals surface area (Å²) in [4.78, 5) is 11.5. The first-order valence-corrected chi connectivity index (χ1v) is 6.48. The van der Waals surface area contributed by atoms with Crippen molar-refractivity contribution in [3.8, 4) is 5.75 Å². The predicted octanol–water partition coefficient (Wildman–Crippen LogP) is 3.01. The van der Waals surface area contributed by atoms with Gasteiger partial charge in [-0.2, -0.15) is 5.10 Å². The van der Waals surface area contributed by atoms with Crippen LogP contribution in [0.15, 0.2) is 53.6 Å². The van der Waals surface area contributed by atoms with Crippen LogP contribution in [0.5, 0.6) is 5.75 Å². The van der Waals surface area contributed by atoms with Crippen LogP contribution in [0.1, 0.15) is 5.56 Å². The van der Waals surface area contributed by atoms with E-state index in [4.69, 9.17) is 16.3 Å². The van der Waals surface area contributed by atoms with Crippen LogP contribution < -0.4 is 10.2 Å². The van der Waals surface area contributed by atoms with Gasteiger partial charge in [-0.1, -0.05) is 29.8 Å². The SMILES string of the molecule is O=C(COc1ccc(Cl)cc1)N/N=C\c1ccccc1F. The quantitative estimate of drug-likeness (QED) is 0.682. The lowest BCUT2D eigenvalue weighted by atomic mass is 10.2. The van der Waals surface area contributed by atoms with Crippen LogP contribution in [-0.2, 0) is 4.79 Å². The Bertz CT molecular complexity index is 644. The van der Waals surface area contributed by atoms with Gasteiger partial charge >= 0.3 is 0 Å². The Morgan fingerprint density at radius 2 is 1.95 bits per heavy atom. The summed E-state index contributed by atoms with van der Waals surface area (Å²) in [5.74, 6) is -0.335. The van der Waals surface area contributed by atoms with Crippen LogP contribution in [-0.4, -0.2) is 18.7 Å². The number of hydrazone groups is 1. The van der Waals surface area contributed by atoms with Crippen molar-refractivity contribution in [2.75, 3.05) is 6.61 Å². The molecule has 1 N–H and O–H groups in total. The van der Waals surface area contributed by atoms with Gasteiger partial charge in [-0.25, -0.2) is 9.82 Å². The van der Waals surface area contributed by atoms with E-state index in [9.17, 15) is 9.18 Å². The average molecular weight is 307 g/mol. The zero-order valence-corrected chi connectivity index (χ0v) is 11.7. The normalized spacial score (nSPS) is 10.6. The van der Waals surface area contributed by atoms with E-state index >= 15 is 0 Å². The number of nitrogens with zero attached hydrogens (tertiary/aromatic N) is 1. The van der Waals surface area contributed by atoms with Crippen LogP contribution in [0.4, 0.5) is 4.39 Å². The molecule has 0 saturated carbocycles. The highest BCUT2D eigenvalue weighted by Gasteiger charge is 2.02. The third-order valence-corrected chi connectivity index (χ3v) is 2.73. The number of carbonyl (C=O) groups is 1. The molecule has 0 unspecified atom stereocenters. The van der Waals surface area contributed by atoms with E-state index in [0.29, 0.717) is 10.8 Å². The van der Waals surface area contributed by atoms with Crippen molar-refractivity contribution in [1.29, 1.82) is 0 Å². The van der Waals surface area contributed by atoms with Crippen molar-refractivity contribution >= 4 is 23.7 Å². The van der Waals surface area contributed by atoms with Crippen LogP contribution >= 0.6 is 11.6 Å². The fourth-order valence-corrected chi connectivity index (χ4v) is 1.59. The molecule has 0 aliphatic rings. The molecular weight excluding hydrogens is 295 g/mol. The molecule has 6 heteroatoms. The zero-order chi connectivity index (χ0) is 15.1. The summed E-state index contributed by atoms with van der Waals surface area (Å²) in [6, 6.07) is 12.7. The highest BCUT2D eigenvalue weighted by Crippen LogP contribution is 2.15. The highest BCUT2D eigenvalue weighted by molar-refractivity contribution is 6.30. The van der Waals surface area contributed by atoms with E-state index in [1.807, 2.05) is 0 Å². The predicted molar refractivity (Wildman–Crippen MR) is 79.1 cm³/mol. The maximum Gasteiger partial charge on any atom is 0.277 e. The lowest BCUT2D eigenvalue weighted by Crippen LogP contribution is -2.24. The van der Waals surface area contributed by atoms with Gasteiger partial charge in [0, 0.05) is 10.6 Å². The Kier molecular flexibility index (Phi) is 5.29. The van der Waals surface area contributed by atoms with E-state index < -0.39 is 11.7 Å². The van der Waals surface area contributed by atoms with Gasteiger partial charge in [0.1, 0.15) is 11.6 Å². The van der Waals surface area contributed by atoms with E-state index in [0.717, 1.165) is 0 Å². The number of hydrogen-bond acceptors (Lipinski definition) is 3. The molecule has 2 rings (SSSR count). The summed E-state index contributed by atoms with van der Waals surface area (Å²) in [6.45, 7) is -0.198. The molecule has 0 aromatic heterocycles. The Hall–Kier alpha value is -2.40. The van der Waals surface area contributed by atoms with E-state index in [1.165, 1.54) is 12.3 Å². The highest BCUT2D eigenvalue weighted by atomic mass is 35.5. The molecule has 0 saturated heterocycles. The number of ether oxygens (including phenoxy) is 1. The molecule has 4 nitrogen and oxygen atoms in total. The standard InChI is InChI=1S/C15H12ClFN2O2/c16-12-5-7-13(8-6-12)21-10-15(20)19-18-9-11-3-1-2-4-14(11)17/h1-9H,10H2,(H,19,20)/b18-9-. The molecular formula is C15H12ClFN2O2. The Morgan fingerprint density at radius 1 is 1.24 bits per heavy atom. The first-order valence-electron chi connectivity index (χ1n) is 6.10. The van der Waals surface area contributed by atoms with Crippen molar-refractivity contribution in [1.82, 2.24) is 5.43 Å². The second-order valence-corrected chi connectivity index (χ2v) is 4.49. The van der Waals surface area contributed by atoms with E-state index in [-0.39, 0.29) is 12.2 Å². The van der Waals surface area contributed by atoms with E-state index in [2.05, 4.69) is 10.5 Å². The molecule has 0 aliphatic carbocycles. The van der Waals surface area contributed by atoms with Crippen molar-refractivity contribution in [2.45, 2.75) is 0 Å². The fraction of sp³-hybridized carbons (Fsp3) is 0.0667. The van der Waals surface area contributed by atoms with Gasteiger partial charge in [-0.3, -0.25) is 4.79 Å². The molecule has 0 fully saturated rings. The molecule has 0 heterocycles. The van der Waals surface area contributed by atoms with E-state index in [1.54, 1.807) is 42.5 Å². The number of carbonyl (C=O) groups excluding carboxylic acids is 1. The second kappa shape index (κ2) is 7.40. The molecule has 0 aliphatic heterocycles. The van der Waals surface area contributed by atoms with Gasteiger partial charge < -0.3 is 4.74 Å². The fourth-order valence-electron chi connectivity index (χ4n) is 1.47. The summed E-state index contributed by atoms with van der Waals surface area (Å²) in [7, 11) is 0. The maximum absolute atomic E-state index is 13.3. The number of nitrogens with one attached hydrogen (secondary N) is 1. The van der Waals surface area contributed by atoms with Crippen molar-refractivity contribution in [3.05, 3.63) is 64.9 Å². The molecule has 0 spiro atoms. The minimum absolute atomic E-state index is 0.198. The smallest absolute Gasteiger partial charge is 0.277 e. The van der Waals surface area contributed by atoms with Crippen molar-refractivity contribution in [2.24, 2.45) is 5.10 Å². The summed E-state index contributed by atoms with van der Waals surface area (Å²) in [6.07, 6.45) is 1.23. The van der Waals surface area contributed by atoms with Crippen LogP contribution in [0.3, 0.4) is 0 Å². The monoisotopic (exact) mass is 306 g/mol. The first kappa shape index (κ1) is 15.0. The summed E-state index contributed by atoms with van der Waals surface area (Å²) < 4.78 is 18.5. The third-order valence-electron chi connectivity index (χ3n) is 2.48. The largest absolute Gasteiger partial charge is 0.484 e. The molecule has 1 amide bonds. The number of hydrogen-bond donors (Lipinski definition) is 1. The lowest BCUT2D eigenvalue weighted by molar-refractivity contribution is -0.123. The van der Waals surface area contributed by atoms with Gasteiger partial charge in [0.2, 0.25) is 0 Å². The molecule has 0 atom stereocenters. The maximum atomic E-state index is 13.3. The van der Waals surface area contributed by atoms with Gasteiger partial charge in [0.05, 0.1) is 6.21 Å². The van der Waals surface area contributed by atoms with Crippen molar-refractivity contribution in [3.63, 3.8) is 0 Å². The minimum atomic E-state index is -0.447. The summed E-state index contributed by atoms with van der Waals surface area (Å²) in [5, 5.41) is 4.25. The molecule has 21 heavy (non-hydrogen) atoms. The van der Waals surface area contributed by atoms with Crippen LogP contribution in [0.2, 0.25) is 5.02 Å². The molecule has 2 aromatic rings. The second-order valence-electron chi connectivity index (χ2n) is 4.06.